The van der Waals surface area contributed by atoms with Gasteiger partial charge in [0.1, 0.15) is 18.0 Å². The van der Waals surface area contributed by atoms with Gasteiger partial charge in [0.2, 0.25) is 5.91 Å². The molecule has 1 saturated carbocycles. The summed E-state index contributed by atoms with van der Waals surface area (Å²) >= 11 is 0. The third-order valence-corrected chi connectivity index (χ3v) is 7.44. The van der Waals surface area contributed by atoms with E-state index >= 15 is 0 Å². The number of hydrogen-bond donors (Lipinski definition) is 4. The molecule has 1 aliphatic heterocycles. The third-order valence-electron chi connectivity index (χ3n) is 7.44. The molecule has 10 nitrogen and oxygen atoms in total. The number of fused-ring (bicyclic) bond motifs is 2. The van der Waals surface area contributed by atoms with Crippen LogP contribution < -0.4 is 21.3 Å². The van der Waals surface area contributed by atoms with Gasteiger partial charge in [-0.2, -0.15) is 0 Å². The number of nitrogens with zero attached hydrogens (tertiary/aromatic N) is 4. The third kappa shape index (κ3) is 5.18. The molecule has 0 radical (unpaired) electrons. The summed E-state index contributed by atoms with van der Waals surface area (Å²) in [5.74, 6) is 0.795. The van der Waals surface area contributed by atoms with Crippen molar-refractivity contribution in [1.29, 1.82) is 5.41 Å². The van der Waals surface area contributed by atoms with E-state index in [1.54, 1.807) is 30.3 Å². The molecule has 2 amide bonds. The first-order valence-electron chi connectivity index (χ1n) is 12.8. The van der Waals surface area contributed by atoms with Gasteiger partial charge < -0.3 is 26.2 Å². The SMILES string of the molecule is C=CC(=O)N1CC2CC(Nc3ncnc(N)c3C(=N)c3ccc(NC(=O)c4cccc(N(C)C)c4)cc3)C1C2. The number of piperidine rings is 1. The van der Waals surface area contributed by atoms with Gasteiger partial charge in [0.15, 0.2) is 0 Å². The molecule has 5 N–H and O–H groups in total. The van der Waals surface area contributed by atoms with Crippen molar-refractivity contribution in [3.05, 3.63) is 84.2 Å². The minimum Gasteiger partial charge on any atom is -0.383 e. The maximum Gasteiger partial charge on any atom is 0.255 e. The van der Waals surface area contributed by atoms with E-state index in [0.717, 1.165) is 25.1 Å². The monoisotopic (exact) mass is 524 g/mol. The van der Waals surface area contributed by atoms with E-state index in [0.29, 0.717) is 34.1 Å². The zero-order valence-electron chi connectivity index (χ0n) is 22.0. The quantitative estimate of drug-likeness (QED) is 0.262. The highest BCUT2D eigenvalue weighted by atomic mass is 16.2. The summed E-state index contributed by atoms with van der Waals surface area (Å²) in [7, 11) is 3.85. The van der Waals surface area contributed by atoms with Crippen molar-refractivity contribution < 1.29 is 9.59 Å². The molecule has 1 aromatic heterocycles. The highest BCUT2D eigenvalue weighted by Crippen LogP contribution is 2.39. The molecule has 2 aliphatic rings. The Hall–Kier alpha value is -4.73. The normalized spacial score (nSPS) is 19.4. The summed E-state index contributed by atoms with van der Waals surface area (Å²) in [6.45, 7) is 4.37. The van der Waals surface area contributed by atoms with Crippen LogP contribution in [0.25, 0.3) is 0 Å². The number of carbonyl (C=O) groups is 2. The molecule has 200 valence electrons. The average molecular weight is 525 g/mol. The van der Waals surface area contributed by atoms with Gasteiger partial charge in [-0.3, -0.25) is 15.0 Å². The van der Waals surface area contributed by atoms with Gasteiger partial charge in [-0.1, -0.05) is 24.8 Å². The van der Waals surface area contributed by atoms with E-state index in [9.17, 15) is 9.59 Å². The second-order valence-corrected chi connectivity index (χ2v) is 10.2. The number of carbonyl (C=O) groups excluding carboxylic acids is 2. The van der Waals surface area contributed by atoms with Gasteiger partial charge in [-0.05, 0) is 55.2 Å². The summed E-state index contributed by atoms with van der Waals surface area (Å²) in [5.41, 5.74) is 9.49. The molecule has 2 fully saturated rings. The van der Waals surface area contributed by atoms with Crippen LogP contribution in [0.1, 0.15) is 34.3 Å². The lowest BCUT2D eigenvalue weighted by molar-refractivity contribution is -0.127. The van der Waals surface area contributed by atoms with E-state index in [4.69, 9.17) is 11.1 Å². The van der Waals surface area contributed by atoms with Gasteiger partial charge in [0.25, 0.3) is 5.91 Å². The van der Waals surface area contributed by atoms with Crippen molar-refractivity contribution in [3.8, 4) is 0 Å². The molecule has 2 aromatic carbocycles. The zero-order chi connectivity index (χ0) is 27.7. The van der Waals surface area contributed by atoms with E-state index in [2.05, 4.69) is 27.2 Å². The Morgan fingerprint density at radius 3 is 2.59 bits per heavy atom. The van der Waals surface area contributed by atoms with Crippen molar-refractivity contribution in [1.82, 2.24) is 14.9 Å². The molecule has 3 unspecified atom stereocenters. The number of aromatic nitrogens is 2. The predicted molar refractivity (Wildman–Crippen MR) is 153 cm³/mol. The minimum atomic E-state index is -0.219. The van der Waals surface area contributed by atoms with Gasteiger partial charge in [-0.15, -0.1) is 0 Å². The summed E-state index contributed by atoms with van der Waals surface area (Å²) in [6.07, 6.45) is 4.57. The first kappa shape index (κ1) is 25.9. The van der Waals surface area contributed by atoms with Crippen LogP contribution in [0.2, 0.25) is 0 Å². The fourth-order valence-corrected chi connectivity index (χ4v) is 5.47. The minimum absolute atomic E-state index is 0.00270. The number of nitrogen functional groups attached to an aromatic ring is 1. The lowest BCUT2D eigenvalue weighted by Crippen LogP contribution is -2.47. The van der Waals surface area contributed by atoms with Crippen LogP contribution in [0, 0.1) is 11.3 Å². The number of rotatable bonds is 8. The maximum absolute atomic E-state index is 12.8. The Morgan fingerprint density at radius 2 is 1.90 bits per heavy atom. The van der Waals surface area contributed by atoms with Crippen molar-refractivity contribution >= 4 is 40.5 Å². The molecule has 1 aliphatic carbocycles. The number of anilines is 4. The van der Waals surface area contributed by atoms with Crippen molar-refractivity contribution in [2.75, 3.05) is 41.9 Å². The lowest BCUT2D eigenvalue weighted by Gasteiger charge is -2.33. The van der Waals surface area contributed by atoms with Crippen LogP contribution >= 0.6 is 0 Å². The molecular weight excluding hydrogens is 492 g/mol. The van der Waals surface area contributed by atoms with E-state index in [1.165, 1.54) is 12.4 Å². The van der Waals surface area contributed by atoms with Crippen molar-refractivity contribution in [2.24, 2.45) is 5.92 Å². The predicted octanol–water partition coefficient (Wildman–Crippen LogP) is 3.38. The van der Waals surface area contributed by atoms with Crippen LogP contribution in [0.4, 0.5) is 23.0 Å². The molecule has 1 saturated heterocycles. The fraction of sp³-hybridized carbons (Fsp3) is 0.276. The lowest BCUT2D eigenvalue weighted by atomic mass is 10.0. The van der Waals surface area contributed by atoms with Gasteiger partial charge in [-0.25, -0.2) is 9.97 Å². The number of hydrogen-bond acceptors (Lipinski definition) is 8. The number of amides is 2. The Kier molecular flexibility index (Phi) is 7.02. The number of nitrogens with one attached hydrogen (secondary N) is 3. The molecule has 10 heteroatoms. The first-order chi connectivity index (χ1) is 18.7. The number of benzene rings is 2. The smallest absolute Gasteiger partial charge is 0.255 e. The fourth-order valence-electron chi connectivity index (χ4n) is 5.47. The van der Waals surface area contributed by atoms with Crippen LogP contribution in [-0.4, -0.2) is 65.1 Å². The van der Waals surface area contributed by atoms with Crippen molar-refractivity contribution in [3.63, 3.8) is 0 Å². The largest absolute Gasteiger partial charge is 0.383 e. The van der Waals surface area contributed by atoms with Crippen molar-refractivity contribution in [2.45, 2.75) is 24.9 Å². The summed E-state index contributed by atoms with van der Waals surface area (Å²) < 4.78 is 0. The average Bonchev–Trinajstić information content (AvgIpc) is 3.54. The Bertz CT molecular complexity index is 1440. The summed E-state index contributed by atoms with van der Waals surface area (Å²) in [4.78, 5) is 37.4. The second kappa shape index (κ2) is 10.6. The van der Waals surface area contributed by atoms with Crippen LogP contribution in [0.5, 0.6) is 0 Å². The summed E-state index contributed by atoms with van der Waals surface area (Å²) in [5, 5.41) is 15.3. The molecular formula is C29H32N8O2. The highest BCUT2D eigenvalue weighted by molar-refractivity contribution is 6.16. The highest BCUT2D eigenvalue weighted by Gasteiger charge is 2.46. The van der Waals surface area contributed by atoms with Crippen LogP contribution in [0.15, 0.2) is 67.5 Å². The van der Waals surface area contributed by atoms with E-state index in [-0.39, 0.29) is 35.4 Å². The Balaban J connectivity index is 1.32. The van der Waals surface area contributed by atoms with Gasteiger partial charge in [0, 0.05) is 49.2 Å². The Morgan fingerprint density at radius 1 is 1.13 bits per heavy atom. The van der Waals surface area contributed by atoms with Crippen LogP contribution in [0.3, 0.4) is 0 Å². The molecule has 0 spiro atoms. The molecule has 3 atom stereocenters. The number of likely N-dealkylation sites (tertiary alicyclic amines) is 1. The topological polar surface area (TPSA) is 140 Å². The Labute approximate surface area is 227 Å². The summed E-state index contributed by atoms with van der Waals surface area (Å²) in [6, 6.07) is 14.4. The molecule has 2 bridgehead atoms. The van der Waals surface area contributed by atoms with E-state index < -0.39 is 0 Å². The molecule has 2 heterocycles. The van der Waals surface area contributed by atoms with E-state index in [1.807, 2.05) is 42.1 Å². The molecule has 3 aromatic rings. The van der Waals surface area contributed by atoms with Gasteiger partial charge in [0.05, 0.1) is 17.3 Å². The standard InChI is InChI=1S/C29H32N8O2/c1-4-24(38)37-15-17-12-22(23(37)13-17)35-28-25(27(31)32-16-33-28)26(30)18-8-10-20(11-9-18)34-29(39)19-6-5-7-21(14-19)36(2)3/h4-11,14,16-17,22-23,30H,1,12-13,15H2,2-3H3,(H,34,39)(H3,31,32,33,35). The number of nitrogens with two attached hydrogens (primary N) is 1. The first-order valence-corrected chi connectivity index (χ1v) is 12.8. The van der Waals surface area contributed by atoms with Gasteiger partial charge >= 0.3 is 0 Å². The molecule has 39 heavy (non-hydrogen) atoms. The van der Waals surface area contributed by atoms with Crippen LogP contribution in [-0.2, 0) is 4.79 Å². The maximum atomic E-state index is 12.8. The zero-order valence-corrected chi connectivity index (χ0v) is 22.0. The molecule has 5 rings (SSSR count). The second-order valence-electron chi connectivity index (χ2n) is 10.2.